The largest absolute Gasteiger partial charge is 0.493 e. The SMILES string of the molecule is COc1cccc2c1OCC(CN1CCN(C)CC1)C2N. The number of nitrogens with zero attached hydrogens (tertiary/aromatic N) is 2. The van der Waals surface area contributed by atoms with E-state index < -0.39 is 0 Å². The molecule has 1 aromatic rings. The molecule has 21 heavy (non-hydrogen) atoms. The number of hydrogen-bond donors (Lipinski definition) is 1. The second-order valence-corrected chi connectivity index (χ2v) is 6.08. The lowest BCUT2D eigenvalue weighted by molar-refractivity contribution is 0.0983. The van der Waals surface area contributed by atoms with E-state index in [9.17, 15) is 0 Å². The fraction of sp³-hybridized carbons (Fsp3) is 0.625. The third-order valence-electron chi connectivity index (χ3n) is 4.63. The number of rotatable bonds is 3. The molecule has 1 saturated heterocycles. The molecule has 0 bridgehead atoms. The van der Waals surface area contributed by atoms with Crippen LogP contribution in [-0.4, -0.2) is 63.3 Å². The van der Waals surface area contributed by atoms with Crippen molar-refractivity contribution in [1.29, 1.82) is 0 Å². The Morgan fingerprint density at radius 2 is 2.05 bits per heavy atom. The summed E-state index contributed by atoms with van der Waals surface area (Å²) in [6, 6.07) is 5.98. The van der Waals surface area contributed by atoms with Gasteiger partial charge in [0.2, 0.25) is 0 Å². The Hall–Kier alpha value is -1.30. The van der Waals surface area contributed by atoms with E-state index in [1.165, 1.54) is 0 Å². The van der Waals surface area contributed by atoms with Crippen LogP contribution >= 0.6 is 0 Å². The molecular formula is C16H25N3O2. The second kappa shape index (κ2) is 6.22. The number of fused-ring (bicyclic) bond motifs is 1. The summed E-state index contributed by atoms with van der Waals surface area (Å²) in [4.78, 5) is 4.87. The molecule has 0 saturated carbocycles. The Morgan fingerprint density at radius 3 is 2.76 bits per heavy atom. The number of methoxy groups -OCH3 is 1. The first kappa shape index (κ1) is 14.6. The molecule has 2 N–H and O–H groups in total. The number of piperazine rings is 1. The molecule has 0 radical (unpaired) electrons. The van der Waals surface area contributed by atoms with E-state index in [1.807, 2.05) is 12.1 Å². The maximum atomic E-state index is 6.49. The smallest absolute Gasteiger partial charge is 0.165 e. The standard InChI is InChI=1S/C16H25N3O2/c1-18-6-8-19(9-7-18)10-12-11-21-16-13(15(12)17)4-3-5-14(16)20-2/h3-5,12,15H,6-11,17H2,1-2H3. The lowest BCUT2D eigenvalue weighted by Crippen LogP contribution is -2.48. The van der Waals surface area contributed by atoms with Crippen LogP contribution < -0.4 is 15.2 Å². The summed E-state index contributed by atoms with van der Waals surface area (Å²) in [6.07, 6.45) is 0. The lowest BCUT2D eigenvalue weighted by atomic mass is 9.90. The minimum atomic E-state index is 0.0171. The van der Waals surface area contributed by atoms with Crippen LogP contribution in [-0.2, 0) is 0 Å². The van der Waals surface area contributed by atoms with E-state index in [0.717, 1.165) is 49.8 Å². The van der Waals surface area contributed by atoms with E-state index in [4.69, 9.17) is 15.2 Å². The molecule has 2 atom stereocenters. The van der Waals surface area contributed by atoms with Crippen LogP contribution in [0.2, 0.25) is 0 Å². The summed E-state index contributed by atoms with van der Waals surface area (Å²) in [5, 5.41) is 0. The number of benzene rings is 1. The zero-order valence-corrected chi connectivity index (χ0v) is 12.9. The highest BCUT2D eigenvalue weighted by Gasteiger charge is 2.31. The Kier molecular flexibility index (Phi) is 4.33. The molecule has 0 aliphatic carbocycles. The van der Waals surface area contributed by atoms with Crippen LogP contribution in [0.5, 0.6) is 11.5 Å². The maximum Gasteiger partial charge on any atom is 0.165 e. The van der Waals surface area contributed by atoms with Gasteiger partial charge in [-0.25, -0.2) is 0 Å². The van der Waals surface area contributed by atoms with Crippen molar-refractivity contribution in [2.45, 2.75) is 6.04 Å². The molecule has 1 aromatic carbocycles. The van der Waals surface area contributed by atoms with Crippen LogP contribution in [0.1, 0.15) is 11.6 Å². The molecule has 2 unspecified atom stereocenters. The van der Waals surface area contributed by atoms with Gasteiger partial charge in [0.1, 0.15) is 0 Å². The van der Waals surface area contributed by atoms with Crippen molar-refractivity contribution in [2.75, 3.05) is 53.5 Å². The monoisotopic (exact) mass is 291 g/mol. The number of nitrogens with two attached hydrogens (primary N) is 1. The van der Waals surface area contributed by atoms with Crippen molar-refractivity contribution in [2.24, 2.45) is 11.7 Å². The van der Waals surface area contributed by atoms with Crippen molar-refractivity contribution in [3.63, 3.8) is 0 Å². The Morgan fingerprint density at radius 1 is 1.29 bits per heavy atom. The van der Waals surface area contributed by atoms with Gasteiger partial charge in [-0.15, -0.1) is 0 Å². The molecule has 5 heteroatoms. The van der Waals surface area contributed by atoms with Crippen molar-refractivity contribution in [1.82, 2.24) is 9.80 Å². The summed E-state index contributed by atoms with van der Waals surface area (Å²) in [6.45, 7) is 6.17. The van der Waals surface area contributed by atoms with Gasteiger partial charge in [0, 0.05) is 50.2 Å². The Bertz CT molecular complexity index is 486. The van der Waals surface area contributed by atoms with Crippen LogP contribution in [0, 0.1) is 5.92 Å². The third-order valence-corrected chi connectivity index (χ3v) is 4.63. The van der Waals surface area contributed by atoms with E-state index >= 15 is 0 Å². The average molecular weight is 291 g/mol. The maximum absolute atomic E-state index is 6.49. The van der Waals surface area contributed by atoms with Gasteiger partial charge in [0.05, 0.1) is 13.7 Å². The summed E-state index contributed by atoms with van der Waals surface area (Å²) in [7, 11) is 3.84. The van der Waals surface area contributed by atoms with E-state index in [2.05, 4.69) is 22.9 Å². The molecule has 0 amide bonds. The molecule has 0 aromatic heterocycles. The molecule has 5 nitrogen and oxygen atoms in total. The topological polar surface area (TPSA) is 51.0 Å². The molecule has 116 valence electrons. The van der Waals surface area contributed by atoms with Gasteiger partial charge >= 0.3 is 0 Å². The molecule has 2 heterocycles. The summed E-state index contributed by atoms with van der Waals surface area (Å²) in [5.41, 5.74) is 7.56. The molecule has 2 aliphatic heterocycles. The van der Waals surface area contributed by atoms with Crippen LogP contribution in [0.4, 0.5) is 0 Å². The fourth-order valence-electron chi connectivity index (χ4n) is 3.19. The summed E-state index contributed by atoms with van der Waals surface area (Å²) >= 11 is 0. The molecule has 2 aliphatic rings. The molecular weight excluding hydrogens is 266 g/mol. The first-order valence-electron chi connectivity index (χ1n) is 7.65. The van der Waals surface area contributed by atoms with Gasteiger partial charge in [-0.1, -0.05) is 12.1 Å². The first-order chi connectivity index (χ1) is 10.2. The number of hydrogen-bond acceptors (Lipinski definition) is 5. The normalized spacial score (nSPS) is 27.0. The van der Waals surface area contributed by atoms with Gasteiger partial charge in [-0.05, 0) is 13.1 Å². The van der Waals surface area contributed by atoms with Gasteiger partial charge < -0.3 is 25.0 Å². The Balaban J connectivity index is 1.69. The van der Waals surface area contributed by atoms with E-state index in [1.54, 1.807) is 7.11 Å². The highest BCUT2D eigenvalue weighted by Crippen LogP contribution is 2.40. The molecule has 1 fully saturated rings. The number of ether oxygens (including phenoxy) is 2. The number of likely N-dealkylation sites (N-methyl/N-ethyl adjacent to an activating group) is 1. The zero-order chi connectivity index (χ0) is 14.8. The third kappa shape index (κ3) is 3.00. The minimum absolute atomic E-state index is 0.0171. The fourth-order valence-corrected chi connectivity index (χ4v) is 3.19. The first-order valence-corrected chi connectivity index (χ1v) is 7.65. The molecule has 0 spiro atoms. The van der Waals surface area contributed by atoms with Gasteiger partial charge in [0.15, 0.2) is 11.5 Å². The van der Waals surface area contributed by atoms with Crippen LogP contribution in [0.3, 0.4) is 0 Å². The summed E-state index contributed by atoms with van der Waals surface area (Å²) < 4.78 is 11.3. The van der Waals surface area contributed by atoms with E-state index in [0.29, 0.717) is 12.5 Å². The van der Waals surface area contributed by atoms with Gasteiger partial charge in [0.25, 0.3) is 0 Å². The minimum Gasteiger partial charge on any atom is -0.493 e. The van der Waals surface area contributed by atoms with Gasteiger partial charge in [-0.2, -0.15) is 0 Å². The average Bonchev–Trinajstić information content (AvgIpc) is 2.51. The van der Waals surface area contributed by atoms with Gasteiger partial charge in [-0.3, -0.25) is 0 Å². The van der Waals surface area contributed by atoms with Crippen LogP contribution in [0.25, 0.3) is 0 Å². The molecule has 3 rings (SSSR count). The highest BCUT2D eigenvalue weighted by atomic mass is 16.5. The Labute approximate surface area is 126 Å². The van der Waals surface area contributed by atoms with Crippen molar-refractivity contribution >= 4 is 0 Å². The van der Waals surface area contributed by atoms with E-state index in [-0.39, 0.29) is 6.04 Å². The number of para-hydroxylation sites is 1. The predicted octanol–water partition coefficient (Wildman–Crippen LogP) is 0.951. The lowest BCUT2D eigenvalue weighted by Gasteiger charge is -2.38. The van der Waals surface area contributed by atoms with Crippen molar-refractivity contribution < 1.29 is 9.47 Å². The van der Waals surface area contributed by atoms with Crippen LogP contribution in [0.15, 0.2) is 18.2 Å². The summed E-state index contributed by atoms with van der Waals surface area (Å²) in [5.74, 6) is 1.94. The zero-order valence-electron chi connectivity index (χ0n) is 12.9. The van der Waals surface area contributed by atoms with Crippen molar-refractivity contribution in [3.05, 3.63) is 23.8 Å². The second-order valence-electron chi connectivity index (χ2n) is 6.08. The predicted molar refractivity (Wildman–Crippen MR) is 82.8 cm³/mol. The highest BCUT2D eigenvalue weighted by molar-refractivity contribution is 5.49. The quantitative estimate of drug-likeness (QED) is 0.898. The van der Waals surface area contributed by atoms with Crippen molar-refractivity contribution in [3.8, 4) is 11.5 Å².